The van der Waals surface area contributed by atoms with Gasteiger partial charge < -0.3 is 14.8 Å². The van der Waals surface area contributed by atoms with E-state index in [9.17, 15) is 4.79 Å². The molecule has 0 spiro atoms. The summed E-state index contributed by atoms with van der Waals surface area (Å²) in [6, 6.07) is 23.8. The van der Waals surface area contributed by atoms with Crippen molar-refractivity contribution in [3.05, 3.63) is 96.2 Å². The molecule has 0 radical (unpaired) electrons. The molecule has 6 heteroatoms. The monoisotopic (exact) mass is 411 g/mol. The lowest BCUT2D eigenvalue weighted by Gasteiger charge is -2.09. The average molecular weight is 411 g/mol. The Morgan fingerprint density at radius 1 is 0.903 bits per heavy atom. The van der Waals surface area contributed by atoms with Crippen LogP contribution in [0.15, 0.2) is 85.1 Å². The summed E-state index contributed by atoms with van der Waals surface area (Å²) in [5.41, 5.74) is 3.13. The molecule has 1 amide bonds. The van der Waals surface area contributed by atoms with E-state index in [2.05, 4.69) is 15.3 Å². The average Bonchev–Trinajstić information content (AvgIpc) is 2.81. The molecule has 0 aliphatic heterocycles. The highest BCUT2D eigenvalue weighted by molar-refractivity contribution is 6.04. The number of nitrogens with one attached hydrogen (secondary N) is 1. The van der Waals surface area contributed by atoms with Gasteiger partial charge in [-0.05, 0) is 42.8 Å². The van der Waals surface area contributed by atoms with E-state index in [0.29, 0.717) is 28.8 Å². The first-order valence-electron chi connectivity index (χ1n) is 9.75. The number of benzene rings is 3. The van der Waals surface area contributed by atoms with Gasteiger partial charge in [-0.2, -0.15) is 4.98 Å². The number of aromatic nitrogens is 2. The normalized spacial score (nSPS) is 10.4. The van der Waals surface area contributed by atoms with Gasteiger partial charge in [0.2, 0.25) is 5.88 Å². The standard InChI is InChI=1S/C25H21N3O3/c1-17-6-3-4-9-22(17)27-25(29)19-12-10-18(11-13-19)24-26-15-14-23(28-24)31-21-8-5-7-20(16-21)30-2/h3-16H,1-2H3,(H,27,29). The summed E-state index contributed by atoms with van der Waals surface area (Å²) in [4.78, 5) is 21.3. The van der Waals surface area contributed by atoms with E-state index in [-0.39, 0.29) is 5.91 Å². The number of amides is 1. The number of anilines is 1. The van der Waals surface area contributed by atoms with Crippen LogP contribution >= 0.6 is 0 Å². The van der Waals surface area contributed by atoms with Crippen LogP contribution in [0.2, 0.25) is 0 Å². The molecule has 3 aromatic carbocycles. The van der Waals surface area contributed by atoms with Gasteiger partial charge in [-0.1, -0.05) is 36.4 Å². The van der Waals surface area contributed by atoms with Crippen LogP contribution in [0.1, 0.15) is 15.9 Å². The van der Waals surface area contributed by atoms with Crippen LogP contribution in [0.4, 0.5) is 5.69 Å². The molecular weight excluding hydrogens is 390 g/mol. The molecule has 0 fully saturated rings. The zero-order valence-corrected chi connectivity index (χ0v) is 17.2. The van der Waals surface area contributed by atoms with Crippen molar-refractivity contribution in [3.8, 4) is 28.8 Å². The van der Waals surface area contributed by atoms with Crippen molar-refractivity contribution in [2.45, 2.75) is 6.92 Å². The van der Waals surface area contributed by atoms with Gasteiger partial charge in [-0.15, -0.1) is 0 Å². The Hall–Kier alpha value is -4.19. The fourth-order valence-corrected chi connectivity index (χ4v) is 3.00. The Morgan fingerprint density at radius 3 is 2.45 bits per heavy atom. The maximum absolute atomic E-state index is 12.6. The predicted octanol–water partition coefficient (Wildman–Crippen LogP) is 5.51. The summed E-state index contributed by atoms with van der Waals surface area (Å²) in [6.07, 6.45) is 1.64. The van der Waals surface area contributed by atoms with Gasteiger partial charge >= 0.3 is 0 Å². The van der Waals surface area contributed by atoms with Crippen molar-refractivity contribution in [1.29, 1.82) is 0 Å². The second-order valence-electron chi connectivity index (χ2n) is 6.85. The van der Waals surface area contributed by atoms with E-state index in [0.717, 1.165) is 16.8 Å². The summed E-state index contributed by atoms with van der Waals surface area (Å²) in [5, 5.41) is 2.93. The van der Waals surface area contributed by atoms with Gasteiger partial charge in [-0.25, -0.2) is 4.98 Å². The number of hydrogen-bond acceptors (Lipinski definition) is 5. The Kier molecular flexibility index (Phi) is 5.89. The molecule has 31 heavy (non-hydrogen) atoms. The van der Waals surface area contributed by atoms with Gasteiger partial charge in [0, 0.05) is 35.1 Å². The molecular formula is C25H21N3O3. The zero-order valence-electron chi connectivity index (χ0n) is 17.2. The number of hydrogen-bond donors (Lipinski definition) is 1. The highest BCUT2D eigenvalue weighted by Gasteiger charge is 2.10. The largest absolute Gasteiger partial charge is 0.497 e. The number of para-hydroxylation sites is 1. The molecule has 154 valence electrons. The SMILES string of the molecule is COc1cccc(Oc2ccnc(-c3ccc(C(=O)Nc4ccccc4C)cc3)n2)c1. The van der Waals surface area contributed by atoms with Crippen LogP contribution in [-0.4, -0.2) is 23.0 Å². The van der Waals surface area contributed by atoms with Crippen molar-refractivity contribution < 1.29 is 14.3 Å². The molecule has 0 saturated heterocycles. The van der Waals surface area contributed by atoms with E-state index in [1.165, 1.54) is 0 Å². The molecule has 4 aromatic rings. The highest BCUT2D eigenvalue weighted by Crippen LogP contribution is 2.25. The topological polar surface area (TPSA) is 73.3 Å². The number of carbonyl (C=O) groups is 1. The van der Waals surface area contributed by atoms with Crippen LogP contribution in [-0.2, 0) is 0 Å². The van der Waals surface area contributed by atoms with Crippen LogP contribution in [0.25, 0.3) is 11.4 Å². The fourth-order valence-electron chi connectivity index (χ4n) is 3.00. The third-order valence-corrected chi connectivity index (χ3v) is 4.69. The molecule has 0 atom stereocenters. The molecule has 0 bridgehead atoms. The summed E-state index contributed by atoms with van der Waals surface area (Å²) >= 11 is 0. The number of rotatable bonds is 6. The minimum Gasteiger partial charge on any atom is -0.497 e. The fraction of sp³-hybridized carbons (Fsp3) is 0.0800. The van der Waals surface area contributed by atoms with Gasteiger partial charge in [0.25, 0.3) is 5.91 Å². The maximum atomic E-state index is 12.6. The van der Waals surface area contributed by atoms with E-state index in [4.69, 9.17) is 9.47 Å². The number of nitrogens with zero attached hydrogens (tertiary/aromatic N) is 2. The predicted molar refractivity (Wildman–Crippen MR) is 120 cm³/mol. The first-order chi connectivity index (χ1) is 15.1. The number of ether oxygens (including phenoxy) is 2. The zero-order chi connectivity index (χ0) is 21.6. The van der Waals surface area contributed by atoms with Crippen molar-refractivity contribution in [3.63, 3.8) is 0 Å². The Morgan fingerprint density at radius 2 is 1.68 bits per heavy atom. The molecule has 0 aliphatic rings. The summed E-state index contributed by atoms with van der Waals surface area (Å²) < 4.78 is 11.0. The Balaban J connectivity index is 1.49. The lowest BCUT2D eigenvalue weighted by molar-refractivity contribution is 0.102. The van der Waals surface area contributed by atoms with Crippen molar-refractivity contribution >= 4 is 11.6 Å². The number of methoxy groups -OCH3 is 1. The van der Waals surface area contributed by atoms with Crippen molar-refractivity contribution in [2.75, 3.05) is 12.4 Å². The lowest BCUT2D eigenvalue weighted by Crippen LogP contribution is -2.12. The smallest absolute Gasteiger partial charge is 0.255 e. The number of aryl methyl sites for hydroxylation is 1. The molecule has 6 nitrogen and oxygen atoms in total. The minimum atomic E-state index is -0.170. The van der Waals surface area contributed by atoms with E-state index in [1.54, 1.807) is 37.6 Å². The summed E-state index contributed by atoms with van der Waals surface area (Å²) in [5.74, 6) is 2.07. The Labute approximate surface area is 180 Å². The molecule has 0 saturated carbocycles. The van der Waals surface area contributed by atoms with Crippen molar-refractivity contribution in [2.24, 2.45) is 0 Å². The van der Waals surface area contributed by atoms with Gasteiger partial charge in [0.15, 0.2) is 5.82 Å². The van der Waals surface area contributed by atoms with E-state index in [1.807, 2.05) is 61.5 Å². The van der Waals surface area contributed by atoms with Crippen LogP contribution in [0.3, 0.4) is 0 Å². The van der Waals surface area contributed by atoms with Gasteiger partial charge in [0.05, 0.1) is 7.11 Å². The quantitative estimate of drug-likeness (QED) is 0.453. The highest BCUT2D eigenvalue weighted by atomic mass is 16.5. The Bertz CT molecular complexity index is 1210. The number of carbonyl (C=O) groups excluding carboxylic acids is 1. The molecule has 4 rings (SSSR count). The van der Waals surface area contributed by atoms with E-state index >= 15 is 0 Å². The first kappa shape index (κ1) is 20.1. The third-order valence-electron chi connectivity index (χ3n) is 4.69. The molecule has 1 heterocycles. The summed E-state index contributed by atoms with van der Waals surface area (Å²) in [7, 11) is 1.60. The molecule has 1 N–H and O–H groups in total. The second-order valence-corrected chi connectivity index (χ2v) is 6.85. The maximum Gasteiger partial charge on any atom is 0.255 e. The van der Waals surface area contributed by atoms with Crippen LogP contribution in [0, 0.1) is 6.92 Å². The lowest BCUT2D eigenvalue weighted by atomic mass is 10.1. The second kappa shape index (κ2) is 9.09. The first-order valence-corrected chi connectivity index (χ1v) is 9.75. The van der Waals surface area contributed by atoms with Crippen LogP contribution in [0.5, 0.6) is 17.4 Å². The van der Waals surface area contributed by atoms with Crippen molar-refractivity contribution in [1.82, 2.24) is 9.97 Å². The minimum absolute atomic E-state index is 0.170. The molecule has 1 aromatic heterocycles. The summed E-state index contributed by atoms with van der Waals surface area (Å²) in [6.45, 7) is 1.95. The van der Waals surface area contributed by atoms with Crippen LogP contribution < -0.4 is 14.8 Å². The van der Waals surface area contributed by atoms with E-state index < -0.39 is 0 Å². The molecule has 0 unspecified atom stereocenters. The van der Waals surface area contributed by atoms with Gasteiger partial charge in [0.1, 0.15) is 11.5 Å². The third kappa shape index (κ3) is 4.87. The van der Waals surface area contributed by atoms with Gasteiger partial charge in [-0.3, -0.25) is 4.79 Å². The molecule has 0 aliphatic carbocycles.